The van der Waals surface area contributed by atoms with Crippen molar-refractivity contribution in [3.05, 3.63) is 77.9 Å². The molecule has 2 aromatic carbocycles. The predicted molar refractivity (Wildman–Crippen MR) is 130 cm³/mol. The highest BCUT2D eigenvalue weighted by Gasteiger charge is 2.33. The highest BCUT2D eigenvalue weighted by molar-refractivity contribution is 5.93. The fraction of sp³-hybridized carbons (Fsp3) is 0.370. The van der Waals surface area contributed by atoms with E-state index in [1.807, 2.05) is 11.9 Å². The van der Waals surface area contributed by atoms with E-state index in [4.69, 9.17) is 0 Å². The fourth-order valence-electron chi connectivity index (χ4n) is 4.55. The molecule has 172 valence electrons. The quantitative estimate of drug-likeness (QED) is 0.579. The lowest BCUT2D eigenvalue weighted by molar-refractivity contribution is -0.134. The Morgan fingerprint density at radius 2 is 1.85 bits per heavy atom. The second-order valence-corrected chi connectivity index (χ2v) is 8.97. The van der Waals surface area contributed by atoms with Gasteiger partial charge in [-0.05, 0) is 36.5 Å². The summed E-state index contributed by atoms with van der Waals surface area (Å²) in [7, 11) is 1.85. The van der Waals surface area contributed by atoms with Crippen molar-refractivity contribution < 1.29 is 9.59 Å². The number of benzene rings is 2. The van der Waals surface area contributed by atoms with E-state index in [9.17, 15) is 9.59 Å². The molecule has 4 rings (SSSR count). The zero-order valence-corrected chi connectivity index (χ0v) is 19.7. The minimum absolute atomic E-state index is 0.111. The Kier molecular flexibility index (Phi) is 6.92. The van der Waals surface area contributed by atoms with E-state index in [0.29, 0.717) is 38.3 Å². The van der Waals surface area contributed by atoms with Crippen molar-refractivity contribution >= 4 is 11.8 Å². The topological polar surface area (TPSA) is 58.4 Å². The van der Waals surface area contributed by atoms with Gasteiger partial charge in [0.2, 0.25) is 5.91 Å². The Morgan fingerprint density at radius 1 is 1.09 bits per heavy atom. The second kappa shape index (κ2) is 10.0. The maximum Gasteiger partial charge on any atom is 0.274 e. The maximum atomic E-state index is 13.4. The molecular weight excluding hydrogens is 412 g/mol. The zero-order valence-electron chi connectivity index (χ0n) is 19.7. The summed E-state index contributed by atoms with van der Waals surface area (Å²) in [5.74, 6) is -0.256. The fourth-order valence-corrected chi connectivity index (χ4v) is 4.55. The number of nitrogens with zero attached hydrogens (tertiary/aromatic N) is 4. The minimum atomic E-state index is -0.278. The van der Waals surface area contributed by atoms with Crippen molar-refractivity contribution in [1.82, 2.24) is 19.4 Å². The third-order valence-electron chi connectivity index (χ3n) is 6.21. The molecule has 0 spiro atoms. The van der Waals surface area contributed by atoms with Gasteiger partial charge in [0.25, 0.3) is 5.91 Å². The second-order valence-electron chi connectivity index (χ2n) is 8.97. The van der Waals surface area contributed by atoms with Crippen molar-refractivity contribution in [1.29, 1.82) is 0 Å². The molecule has 1 aromatic heterocycles. The molecule has 33 heavy (non-hydrogen) atoms. The largest absolute Gasteiger partial charge is 0.341 e. The van der Waals surface area contributed by atoms with E-state index < -0.39 is 0 Å². The van der Waals surface area contributed by atoms with Crippen molar-refractivity contribution in [3.63, 3.8) is 0 Å². The molecule has 0 aliphatic carbocycles. The van der Waals surface area contributed by atoms with Gasteiger partial charge >= 0.3 is 0 Å². The third kappa shape index (κ3) is 5.33. The van der Waals surface area contributed by atoms with Crippen LogP contribution in [0.15, 0.2) is 61.1 Å². The first kappa shape index (κ1) is 22.8. The number of amides is 2. The van der Waals surface area contributed by atoms with Crippen LogP contribution in [0, 0.1) is 12.8 Å². The van der Waals surface area contributed by atoms with Crippen molar-refractivity contribution in [2.45, 2.75) is 26.7 Å². The van der Waals surface area contributed by atoms with Crippen LogP contribution in [0.1, 0.15) is 35.0 Å². The predicted octanol–water partition coefficient (Wildman–Crippen LogP) is 3.95. The van der Waals surface area contributed by atoms with Crippen LogP contribution in [-0.4, -0.2) is 57.3 Å². The van der Waals surface area contributed by atoms with Gasteiger partial charge in [-0.2, -0.15) is 0 Å². The van der Waals surface area contributed by atoms with E-state index in [-0.39, 0.29) is 17.7 Å². The third-order valence-corrected chi connectivity index (χ3v) is 6.21. The summed E-state index contributed by atoms with van der Waals surface area (Å²) in [6.07, 6.45) is 4.87. The van der Waals surface area contributed by atoms with Gasteiger partial charge in [-0.1, -0.05) is 61.0 Å². The number of imidazole rings is 1. The molecule has 0 saturated carbocycles. The van der Waals surface area contributed by atoms with Crippen LogP contribution in [-0.2, 0) is 18.3 Å². The van der Waals surface area contributed by atoms with Crippen LogP contribution in [0.2, 0.25) is 0 Å². The van der Waals surface area contributed by atoms with Crippen LogP contribution in [0.25, 0.3) is 11.1 Å². The summed E-state index contributed by atoms with van der Waals surface area (Å²) in [5.41, 5.74) is 5.06. The molecule has 2 amide bonds. The van der Waals surface area contributed by atoms with E-state index in [2.05, 4.69) is 67.4 Å². The number of aromatic nitrogens is 2. The standard InChI is InChI=1S/C27H32N4O2/c1-4-11-30-12-13-31(27(33)25-18-29(3)19-28-25)17-24(26(30)32)16-21-8-6-10-23(15-21)22-9-5-7-20(2)14-22/h5-10,14-15,18-19,24H,4,11-13,16-17H2,1-3H3/t24-/m0/s1. The van der Waals surface area contributed by atoms with Gasteiger partial charge in [0.05, 0.1) is 12.2 Å². The summed E-state index contributed by atoms with van der Waals surface area (Å²) in [5, 5.41) is 0. The van der Waals surface area contributed by atoms with E-state index in [1.54, 1.807) is 22.0 Å². The maximum absolute atomic E-state index is 13.4. The molecule has 3 aromatic rings. The summed E-state index contributed by atoms with van der Waals surface area (Å²) in [6, 6.07) is 16.8. The molecule has 0 bridgehead atoms. The van der Waals surface area contributed by atoms with Crippen molar-refractivity contribution in [2.24, 2.45) is 13.0 Å². The first-order chi connectivity index (χ1) is 15.9. The summed E-state index contributed by atoms with van der Waals surface area (Å²) in [4.78, 5) is 34.5. The molecule has 1 aliphatic rings. The van der Waals surface area contributed by atoms with Gasteiger partial charge in [0.15, 0.2) is 0 Å². The molecule has 0 N–H and O–H groups in total. The zero-order chi connectivity index (χ0) is 23.4. The molecule has 0 unspecified atom stereocenters. The van der Waals surface area contributed by atoms with Crippen LogP contribution >= 0.6 is 0 Å². The smallest absolute Gasteiger partial charge is 0.274 e. The highest BCUT2D eigenvalue weighted by Crippen LogP contribution is 2.24. The molecule has 6 heteroatoms. The Bertz CT molecular complexity index is 1140. The number of hydrogen-bond acceptors (Lipinski definition) is 3. The monoisotopic (exact) mass is 444 g/mol. The number of hydrogen-bond donors (Lipinski definition) is 0. The molecular formula is C27H32N4O2. The van der Waals surface area contributed by atoms with Gasteiger partial charge < -0.3 is 14.4 Å². The lowest BCUT2D eigenvalue weighted by Crippen LogP contribution is -2.38. The number of rotatable bonds is 6. The molecule has 0 radical (unpaired) electrons. The Labute approximate surface area is 195 Å². The van der Waals surface area contributed by atoms with Crippen LogP contribution in [0.5, 0.6) is 0 Å². The van der Waals surface area contributed by atoms with Gasteiger partial charge in [0.1, 0.15) is 5.69 Å². The van der Waals surface area contributed by atoms with E-state index >= 15 is 0 Å². The van der Waals surface area contributed by atoms with Gasteiger partial charge in [0, 0.05) is 39.4 Å². The Morgan fingerprint density at radius 3 is 2.55 bits per heavy atom. The lowest BCUT2D eigenvalue weighted by Gasteiger charge is -2.24. The molecule has 1 fully saturated rings. The first-order valence-corrected chi connectivity index (χ1v) is 11.7. The number of carbonyl (C=O) groups is 2. The van der Waals surface area contributed by atoms with Crippen LogP contribution < -0.4 is 0 Å². The Balaban J connectivity index is 1.58. The summed E-state index contributed by atoms with van der Waals surface area (Å²) >= 11 is 0. The average molecular weight is 445 g/mol. The minimum Gasteiger partial charge on any atom is -0.341 e. The van der Waals surface area contributed by atoms with E-state index in [1.165, 1.54) is 11.1 Å². The molecule has 6 nitrogen and oxygen atoms in total. The molecule has 1 atom stereocenters. The number of carbonyl (C=O) groups excluding carboxylic acids is 2. The number of aryl methyl sites for hydroxylation is 2. The van der Waals surface area contributed by atoms with Crippen molar-refractivity contribution in [2.75, 3.05) is 26.2 Å². The first-order valence-electron chi connectivity index (χ1n) is 11.7. The van der Waals surface area contributed by atoms with Gasteiger partial charge in [-0.3, -0.25) is 9.59 Å². The lowest BCUT2D eigenvalue weighted by atomic mass is 9.94. The van der Waals surface area contributed by atoms with Gasteiger partial charge in [-0.15, -0.1) is 0 Å². The summed E-state index contributed by atoms with van der Waals surface area (Å²) in [6.45, 7) is 6.38. The average Bonchev–Trinajstić information content (AvgIpc) is 3.19. The SMILES string of the molecule is CCCN1CCN(C(=O)c2cn(C)cn2)C[C@H](Cc2cccc(-c3cccc(C)c3)c2)C1=O. The molecule has 1 aliphatic heterocycles. The normalized spacial score (nSPS) is 16.7. The van der Waals surface area contributed by atoms with Crippen molar-refractivity contribution in [3.8, 4) is 11.1 Å². The van der Waals surface area contributed by atoms with Gasteiger partial charge in [-0.25, -0.2) is 4.98 Å². The summed E-state index contributed by atoms with van der Waals surface area (Å²) < 4.78 is 1.77. The van der Waals surface area contributed by atoms with Crippen LogP contribution in [0.4, 0.5) is 0 Å². The highest BCUT2D eigenvalue weighted by atomic mass is 16.2. The van der Waals surface area contributed by atoms with E-state index in [0.717, 1.165) is 17.5 Å². The van der Waals surface area contributed by atoms with Crippen LogP contribution in [0.3, 0.4) is 0 Å². The molecule has 2 heterocycles. The Hall–Kier alpha value is -3.41. The molecule has 1 saturated heterocycles.